The van der Waals surface area contributed by atoms with Gasteiger partial charge in [-0.15, -0.1) is 0 Å². The predicted octanol–water partition coefficient (Wildman–Crippen LogP) is 3.54. The van der Waals surface area contributed by atoms with Crippen LogP contribution in [0.5, 0.6) is 17.2 Å². The van der Waals surface area contributed by atoms with Gasteiger partial charge in [-0.25, -0.2) is 0 Å². The van der Waals surface area contributed by atoms with Crippen LogP contribution in [0.1, 0.15) is 24.0 Å². The molecule has 0 amide bonds. The normalized spacial score (nSPS) is 11.1. The van der Waals surface area contributed by atoms with E-state index < -0.39 is 0 Å². The molecular weight excluding hydrogens is 354 g/mol. The van der Waals surface area contributed by atoms with Gasteiger partial charge in [-0.1, -0.05) is 17.7 Å². The fourth-order valence-corrected chi connectivity index (χ4v) is 2.66. The second kappa shape index (κ2) is 11.7. The Labute approximate surface area is 167 Å². The Bertz CT molecular complexity index is 745. The van der Waals surface area contributed by atoms with Crippen LogP contribution in [0, 0.1) is 6.92 Å². The van der Waals surface area contributed by atoms with Crippen LogP contribution in [0.3, 0.4) is 0 Å². The van der Waals surface area contributed by atoms with Gasteiger partial charge < -0.3 is 24.8 Å². The van der Waals surface area contributed by atoms with Crippen molar-refractivity contribution in [2.24, 2.45) is 4.99 Å². The summed E-state index contributed by atoms with van der Waals surface area (Å²) in [6.07, 6.45) is 1.97. The van der Waals surface area contributed by atoms with Crippen LogP contribution in [0.15, 0.2) is 47.5 Å². The highest BCUT2D eigenvalue weighted by Gasteiger charge is 2.06. The average molecular weight is 386 g/mol. The van der Waals surface area contributed by atoms with E-state index in [1.54, 1.807) is 21.3 Å². The van der Waals surface area contributed by atoms with E-state index >= 15 is 0 Å². The zero-order valence-corrected chi connectivity index (χ0v) is 17.2. The number of rotatable bonds is 10. The fourth-order valence-electron chi connectivity index (χ4n) is 2.66. The van der Waals surface area contributed by atoms with E-state index in [9.17, 15) is 0 Å². The Morgan fingerprint density at radius 3 is 2.36 bits per heavy atom. The third kappa shape index (κ3) is 7.02. The van der Waals surface area contributed by atoms with E-state index in [4.69, 9.17) is 14.2 Å². The van der Waals surface area contributed by atoms with E-state index in [1.807, 2.05) is 30.3 Å². The molecule has 0 aliphatic carbocycles. The van der Waals surface area contributed by atoms with Gasteiger partial charge in [0, 0.05) is 31.8 Å². The van der Waals surface area contributed by atoms with E-state index in [2.05, 4.69) is 34.7 Å². The zero-order valence-electron chi connectivity index (χ0n) is 17.2. The Hall–Kier alpha value is -2.89. The summed E-state index contributed by atoms with van der Waals surface area (Å²) in [6, 6.07) is 13.9. The van der Waals surface area contributed by atoms with Crippen LogP contribution in [0.25, 0.3) is 0 Å². The third-order valence-corrected chi connectivity index (χ3v) is 4.32. The summed E-state index contributed by atoms with van der Waals surface area (Å²) in [6.45, 7) is 4.22. The van der Waals surface area contributed by atoms with Crippen molar-refractivity contribution in [3.05, 3.63) is 53.6 Å². The lowest BCUT2D eigenvalue weighted by molar-refractivity contribution is 0.307. The number of ether oxygens (including phenoxy) is 3. The molecule has 2 aromatic rings. The molecule has 0 bridgehead atoms. The molecule has 152 valence electrons. The highest BCUT2D eigenvalue weighted by molar-refractivity contribution is 5.79. The van der Waals surface area contributed by atoms with Crippen molar-refractivity contribution < 1.29 is 14.2 Å². The number of nitrogens with zero attached hydrogens (tertiary/aromatic N) is 1. The zero-order chi connectivity index (χ0) is 20.2. The molecule has 6 heteroatoms. The minimum Gasteiger partial charge on any atom is -0.497 e. The van der Waals surface area contributed by atoms with Crippen molar-refractivity contribution in [2.45, 2.75) is 26.3 Å². The van der Waals surface area contributed by atoms with Gasteiger partial charge in [-0.3, -0.25) is 4.99 Å². The number of nitrogens with one attached hydrogen (secondary N) is 2. The molecule has 0 heterocycles. The largest absolute Gasteiger partial charge is 0.497 e. The van der Waals surface area contributed by atoms with Crippen LogP contribution in [0.4, 0.5) is 0 Å². The topological polar surface area (TPSA) is 64.1 Å². The van der Waals surface area contributed by atoms with Gasteiger partial charge in [0.05, 0.1) is 20.8 Å². The average Bonchev–Trinajstić information content (AvgIpc) is 2.73. The maximum atomic E-state index is 5.75. The van der Waals surface area contributed by atoms with E-state index in [1.165, 1.54) is 5.56 Å². The second-order valence-electron chi connectivity index (χ2n) is 6.40. The Morgan fingerprint density at radius 1 is 0.929 bits per heavy atom. The number of hydrogen-bond donors (Lipinski definition) is 2. The molecule has 2 aromatic carbocycles. The first-order valence-electron chi connectivity index (χ1n) is 9.51. The summed E-state index contributed by atoms with van der Waals surface area (Å²) in [4.78, 5) is 4.26. The maximum absolute atomic E-state index is 5.75. The number of methoxy groups -OCH3 is 2. The van der Waals surface area contributed by atoms with E-state index in [-0.39, 0.29) is 0 Å². The monoisotopic (exact) mass is 385 g/mol. The molecule has 0 atom stereocenters. The molecule has 28 heavy (non-hydrogen) atoms. The molecule has 0 radical (unpaired) electrons. The van der Waals surface area contributed by atoms with Gasteiger partial charge in [0.15, 0.2) is 5.96 Å². The standard InChI is InChI=1S/C22H31N3O3/c1-17-7-10-19(11-8-17)28-14-6-5-13-24-22(23-2)25-16-18-9-12-20(26-3)15-21(18)27-4/h7-12,15H,5-6,13-14,16H2,1-4H3,(H2,23,24,25). The Kier molecular flexibility index (Phi) is 8.98. The highest BCUT2D eigenvalue weighted by atomic mass is 16.5. The maximum Gasteiger partial charge on any atom is 0.191 e. The smallest absolute Gasteiger partial charge is 0.191 e. The number of guanidine groups is 1. The van der Waals surface area contributed by atoms with Gasteiger partial charge >= 0.3 is 0 Å². The van der Waals surface area contributed by atoms with Crippen LogP contribution in [0.2, 0.25) is 0 Å². The molecule has 0 saturated heterocycles. The van der Waals surface area contributed by atoms with Crippen molar-refractivity contribution >= 4 is 5.96 Å². The number of hydrogen-bond acceptors (Lipinski definition) is 4. The van der Waals surface area contributed by atoms with Gasteiger partial charge in [0.1, 0.15) is 17.2 Å². The number of unbranched alkanes of at least 4 members (excludes halogenated alkanes) is 1. The first kappa shape index (κ1) is 21.4. The summed E-state index contributed by atoms with van der Waals surface area (Å²) in [5, 5.41) is 6.63. The van der Waals surface area contributed by atoms with Gasteiger partial charge in [0.25, 0.3) is 0 Å². The van der Waals surface area contributed by atoms with Gasteiger partial charge in [-0.05, 0) is 44.0 Å². The molecule has 2 N–H and O–H groups in total. The molecule has 0 fully saturated rings. The SMILES string of the molecule is CN=C(NCCCCOc1ccc(C)cc1)NCc1ccc(OC)cc1OC. The van der Waals surface area contributed by atoms with Crippen LogP contribution in [-0.4, -0.2) is 40.4 Å². The van der Waals surface area contributed by atoms with Crippen molar-refractivity contribution in [3.8, 4) is 17.2 Å². The summed E-state index contributed by atoms with van der Waals surface area (Å²) in [5.41, 5.74) is 2.28. The molecule has 0 saturated carbocycles. The molecule has 0 aliphatic rings. The lowest BCUT2D eigenvalue weighted by atomic mass is 10.2. The molecule has 6 nitrogen and oxygen atoms in total. The highest BCUT2D eigenvalue weighted by Crippen LogP contribution is 2.24. The predicted molar refractivity (Wildman–Crippen MR) is 114 cm³/mol. The van der Waals surface area contributed by atoms with E-state index in [0.29, 0.717) is 13.2 Å². The van der Waals surface area contributed by atoms with Crippen molar-refractivity contribution in [1.29, 1.82) is 0 Å². The summed E-state index contributed by atoms with van der Waals surface area (Å²) in [7, 11) is 5.06. The van der Waals surface area contributed by atoms with Crippen molar-refractivity contribution in [1.82, 2.24) is 10.6 Å². The van der Waals surface area contributed by atoms with Crippen molar-refractivity contribution in [2.75, 3.05) is 34.4 Å². The molecule has 0 aromatic heterocycles. The van der Waals surface area contributed by atoms with Crippen LogP contribution in [-0.2, 0) is 6.54 Å². The molecule has 0 spiro atoms. The van der Waals surface area contributed by atoms with E-state index in [0.717, 1.165) is 48.2 Å². The summed E-state index contributed by atoms with van der Waals surface area (Å²) >= 11 is 0. The van der Waals surface area contributed by atoms with Gasteiger partial charge in [-0.2, -0.15) is 0 Å². The minimum atomic E-state index is 0.614. The lowest BCUT2D eigenvalue weighted by Crippen LogP contribution is -2.37. The minimum absolute atomic E-state index is 0.614. The molecule has 0 unspecified atom stereocenters. The third-order valence-electron chi connectivity index (χ3n) is 4.32. The van der Waals surface area contributed by atoms with Crippen LogP contribution >= 0.6 is 0 Å². The molecular formula is C22H31N3O3. The first-order chi connectivity index (χ1) is 13.7. The quantitative estimate of drug-likeness (QED) is 0.372. The fraction of sp³-hybridized carbons (Fsp3) is 0.409. The van der Waals surface area contributed by atoms with Crippen LogP contribution < -0.4 is 24.8 Å². The summed E-state index contributed by atoms with van der Waals surface area (Å²) < 4.78 is 16.4. The number of benzene rings is 2. The summed E-state index contributed by atoms with van der Waals surface area (Å²) in [5.74, 6) is 3.24. The molecule has 0 aliphatic heterocycles. The Morgan fingerprint density at radius 2 is 1.68 bits per heavy atom. The second-order valence-corrected chi connectivity index (χ2v) is 6.40. The number of aryl methyl sites for hydroxylation is 1. The lowest BCUT2D eigenvalue weighted by Gasteiger charge is -2.14. The first-order valence-corrected chi connectivity index (χ1v) is 9.51. The van der Waals surface area contributed by atoms with Gasteiger partial charge in [0.2, 0.25) is 0 Å². The Balaban J connectivity index is 1.67. The molecule has 2 rings (SSSR count). The number of aliphatic imine (C=N–C) groups is 1. The van der Waals surface area contributed by atoms with Crippen molar-refractivity contribution in [3.63, 3.8) is 0 Å².